The molecular formula is C14H17BrN2O2. The third kappa shape index (κ3) is 4.67. The molecule has 4 nitrogen and oxygen atoms in total. The molecule has 0 atom stereocenters. The molecule has 1 aliphatic rings. The number of halogens is 1. The van der Waals surface area contributed by atoms with Gasteiger partial charge < -0.3 is 10.6 Å². The van der Waals surface area contributed by atoms with Gasteiger partial charge in [-0.2, -0.15) is 0 Å². The fraction of sp³-hybridized carbons (Fsp3) is 0.429. The molecule has 0 spiro atoms. The highest BCUT2D eigenvalue weighted by Crippen LogP contribution is 2.28. The van der Waals surface area contributed by atoms with E-state index in [9.17, 15) is 9.59 Å². The Balaban J connectivity index is 1.62. The average Bonchev–Trinajstić information content (AvgIpc) is 3.22. The van der Waals surface area contributed by atoms with Crippen molar-refractivity contribution < 1.29 is 9.59 Å². The second-order valence-corrected chi connectivity index (χ2v) is 5.60. The van der Waals surface area contributed by atoms with Crippen molar-refractivity contribution in [2.75, 3.05) is 13.1 Å². The Bertz CT molecular complexity index is 472. The van der Waals surface area contributed by atoms with Crippen LogP contribution in [0.4, 0.5) is 0 Å². The van der Waals surface area contributed by atoms with Gasteiger partial charge in [-0.25, -0.2) is 0 Å². The summed E-state index contributed by atoms with van der Waals surface area (Å²) in [6, 6.07) is 7.26. The van der Waals surface area contributed by atoms with E-state index in [1.54, 1.807) is 12.1 Å². The van der Waals surface area contributed by atoms with Crippen molar-refractivity contribution in [3.63, 3.8) is 0 Å². The highest BCUT2D eigenvalue weighted by molar-refractivity contribution is 9.10. The summed E-state index contributed by atoms with van der Waals surface area (Å²) in [5.74, 6) is 0.310. The van der Waals surface area contributed by atoms with Gasteiger partial charge in [-0.15, -0.1) is 0 Å². The molecule has 0 aromatic heterocycles. The number of hydrogen-bond acceptors (Lipinski definition) is 2. The second-order valence-electron chi connectivity index (χ2n) is 4.69. The van der Waals surface area contributed by atoms with Crippen molar-refractivity contribution in [1.29, 1.82) is 0 Å². The van der Waals surface area contributed by atoms with E-state index >= 15 is 0 Å². The number of carbonyl (C=O) groups excluding carboxylic acids is 2. The van der Waals surface area contributed by atoms with Crippen LogP contribution < -0.4 is 10.6 Å². The van der Waals surface area contributed by atoms with Gasteiger partial charge in [-0.05, 0) is 37.5 Å². The van der Waals surface area contributed by atoms with Crippen molar-refractivity contribution in [2.24, 2.45) is 5.92 Å². The normalized spacial score (nSPS) is 13.9. The molecule has 1 saturated carbocycles. The van der Waals surface area contributed by atoms with E-state index in [1.807, 2.05) is 12.1 Å². The summed E-state index contributed by atoms with van der Waals surface area (Å²) in [5, 5.41) is 5.70. The van der Waals surface area contributed by atoms with E-state index in [0.717, 1.165) is 23.7 Å². The fourth-order valence-electron chi connectivity index (χ4n) is 1.72. The quantitative estimate of drug-likeness (QED) is 0.787. The summed E-state index contributed by atoms with van der Waals surface area (Å²) in [4.78, 5) is 23.2. The SMILES string of the molecule is O=C(NCCCNC(=O)C1CC1)c1cccc(Br)c1. The molecule has 1 aromatic carbocycles. The van der Waals surface area contributed by atoms with Gasteiger partial charge in [-0.3, -0.25) is 9.59 Å². The molecule has 0 bridgehead atoms. The van der Waals surface area contributed by atoms with E-state index in [-0.39, 0.29) is 17.7 Å². The topological polar surface area (TPSA) is 58.2 Å². The second kappa shape index (κ2) is 6.70. The van der Waals surface area contributed by atoms with E-state index < -0.39 is 0 Å². The van der Waals surface area contributed by atoms with Crippen molar-refractivity contribution in [2.45, 2.75) is 19.3 Å². The number of amides is 2. The molecular weight excluding hydrogens is 308 g/mol. The van der Waals surface area contributed by atoms with E-state index in [1.165, 1.54) is 0 Å². The Morgan fingerprint density at radius 2 is 1.95 bits per heavy atom. The van der Waals surface area contributed by atoms with Crippen molar-refractivity contribution in [1.82, 2.24) is 10.6 Å². The first-order valence-electron chi connectivity index (χ1n) is 6.48. The van der Waals surface area contributed by atoms with Gasteiger partial charge in [-0.1, -0.05) is 22.0 Å². The highest BCUT2D eigenvalue weighted by atomic mass is 79.9. The van der Waals surface area contributed by atoms with Crippen LogP contribution in [0.3, 0.4) is 0 Å². The van der Waals surface area contributed by atoms with Crippen LogP contribution in [0.25, 0.3) is 0 Å². The molecule has 1 aliphatic carbocycles. The summed E-state index contributed by atoms with van der Waals surface area (Å²) in [6.45, 7) is 1.18. The molecule has 0 unspecified atom stereocenters. The number of rotatable bonds is 6. The maximum atomic E-state index is 11.8. The first-order valence-corrected chi connectivity index (χ1v) is 7.27. The van der Waals surface area contributed by atoms with Gasteiger partial charge in [0.05, 0.1) is 0 Å². The van der Waals surface area contributed by atoms with Gasteiger partial charge in [0, 0.05) is 29.0 Å². The molecule has 0 saturated heterocycles. The van der Waals surface area contributed by atoms with Crippen LogP contribution in [0.1, 0.15) is 29.6 Å². The Kier molecular flexibility index (Phi) is 4.96. The van der Waals surface area contributed by atoms with Crippen molar-refractivity contribution in [3.05, 3.63) is 34.3 Å². The van der Waals surface area contributed by atoms with Crippen LogP contribution >= 0.6 is 15.9 Å². The molecule has 0 radical (unpaired) electrons. The summed E-state index contributed by atoms with van der Waals surface area (Å²) in [6.07, 6.45) is 2.79. The average molecular weight is 325 g/mol. The van der Waals surface area contributed by atoms with Crippen LogP contribution in [-0.2, 0) is 4.79 Å². The number of carbonyl (C=O) groups is 2. The maximum absolute atomic E-state index is 11.8. The molecule has 2 N–H and O–H groups in total. The number of hydrogen-bond donors (Lipinski definition) is 2. The zero-order valence-electron chi connectivity index (χ0n) is 10.6. The molecule has 0 heterocycles. The smallest absolute Gasteiger partial charge is 0.251 e. The number of benzene rings is 1. The minimum Gasteiger partial charge on any atom is -0.356 e. The maximum Gasteiger partial charge on any atom is 0.251 e. The monoisotopic (exact) mass is 324 g/mol. The largest absolute Gasteiger partial charge is 0.356 e. The van der Waals surface area contributed by atoms with Crippen LogP contribution in [-0.4, -0.2) is 24.9 Å². The molecule has 2 amide bonds. The van der Waals surface area contributed by atoms with E-state index in [2.05, 4.69) is 26.6 Å². The third-order valence-electron chi connectivity index (χ3n) is 2.97. The first-order chi connectivity index (χ1) is 9.16. The zero-order chi connectivity index (χ0) is 13.7. The van der Waals surface area contributed by atoms with Gasteiger partial charge in [0.1, 0.15) is 0 Å². The molecule has 1 aromatic rings. The molecule has 5 heteroatoms. The van der Waals surface area contributed by atoms with Gasteiger partial charge >= 0.3 is 0 Å². The first kappa shape index (κ1) is 14.1. The standard InChI is InChI=1S/C14H17BrN2O2/c15-12-4-1-3-11(9-12)14(19)17-8-2-7-16-13(18)10-5-6-10/h1,3-4,9-10H,2,5-8H2,(H,16,18)(H,17,19). The minimum absolute atomic E-state index is 0.0881. The van der Waals surface area contributed by atoms with E-state index in [4.69, 9.17) is 0 Å². The predicted molar refractivity (Wildman–Crippen MR) is 76.8 cm³/mol. The lowest BCUT2D eigenvalue weighted by Crippen LogP contribution is -2.30. The Morgan fingerprint density at radius 1 is 1.21 bits per heavy atom. The Labute approximate surface area is 121 Å². The summed E-state index contributed by atoms with van der Waals surface area (Å²) < 4.78 is 0.886. The van der Waals surface area contributed by atoms with Crippen molar-refractivity contribution in [3.8, 4) is 0 Å². The molecule has 0 aliphatic heterocycles. The lowest BCUT2D eigenvalue weighted by atomic mass is 10.2. The Hall–Kier alpha value is -1.36. The van der Waals surface area contributed by atoms with Crippen molar-refractivity contribution >= 4 is 27.7 Å². The fourth-order valence-corrected chi connectivity index (χ4v) is 2.12. The molecule has 2 rings (SSSR count). The van der Waals surface area contributed by atoms with Crippen LogP contribution in [0.15, 0.2) is 28.7 Å². The van der Waals surface area contributed by atoms with Crippen LogP contribution in [0.5, 0.6) is 0 Å². The number of nitrogens with one attached hydrogen (secondary N) is 2. The lowest BCUT2D eigenvalue weighted by Gasteiger charge is -2.06. The van der Waals surface area contributed by atoms with Gasteiger partial charge in [0.25, 0.3) is 5.91 Å². The predicted octanol–water partition coefficient (Wildman–Crippen LogP) is 2.10. The molecule has 102 valence electrons. The molecule has 19 heavy (non-hydrogen) atoms. The summed E-state index contributed by atoms with van der Waals surface area (Å²) in [7, 11) is 0. The summed E-state index contributed by atoms with van der Waals surface area (Å²) >= 11 is 3.33. The minimum atomic E-state index is -0.0881. The van der Waals surface area contributed by atoms with Gasteiger partial charge in [0.15, 0.2) is 0 Å². The lowest BCUT2D eigenvalue weighted by molar-refractivity contribution is -0.122. The highest BCUT2D eigenvalue weighted by Gasteiger charge is 2.28. The zero-order valence-corrected chi connectivity index (χ0v) is 12.2. The van der Waals surface area contributed by atoms with Gasteiger partial charge in [0.2, 0.25) is 5.91 Å². The molecule has 1 fully saturated rings. The Morgan fingerprint density at radius 3 is 2.63 bits per heavy atom. The van der Waals surface area contributed by atoms with Crippen LogP contribution in [0, 0.1) is 5.92 Å². The van der Waals surface area contributed by atoms with E-state index in [0.29, 0.717) is 18.7 Å². The third-order valence-corrected chi connectivity index (χ3v) is 3.47. The summed E-state index contributed by atoms with van der Waals surface area (Å²) in [5.41, 5.74) is 0.636. The van der Waals surface area contributed by atoms with Crippen LogP contribution in [0.2, 0.25) is 0 Å².